The Labute approximate surface area is 255 Å². The molecule has 0 unspecified atom stereocenters. The van der Waals surface area contributed by atoms with Crippen molar-refractivity contribution in [3.63, 3.8) is 0 Å². The van der Waals surface area contributed by atoms with Gasteiger partial charge in [-0.2, -0.15) is 5.10 Å². The fraction of sp³-hybridized carbons (Fsp3) is 0.281. The lowest BCUT2D eigenvalue weighted by atomic mass is 9.95. The fourth-order valence-corrected chi connectivity index (χ4v) is 4.44. The van der Waals surface area contributed by atoms with Gasteiger partial charge in [0.2, 0.25) is 0 Å². The van der Waals surface area contributed by atoms with Crippen LogP contribution in [0.1, 0.15) is 36.6 Å². The minimum Gasteiger partial charge on any atom is -0.493 e. The number of hydrazone groups is 1. The van der Waals surface area contributed by atoms with Crippen molar-refractivity contribution in [3.05, 3.63) is 94.7 Å². The van der Waals surface area contributed by atoms with Gasteiger partial charge in [0, 0.05) is 5.70 Å². The molecular weight excluding hydrogens is 568 g/mol. The van der Waals surface area contributed by atoms with Crippen LogP contribution in [0.4, 0.5) is 4.79 Å². The van der Waals surface area contributed by atoms with Gasteiger partial charge in [-0.3, -0.25) is 5.43 Å². The van der Waals surface area contributed by atoms with Gasteiger partial charge in [-0.15, -0.1) is 0 Å². The maximum absolute atomic E-state index is 12.4. The summed E-state index contributed by atoms with van der Waals surface area (Å²) in [5.74, 6) is 1.31. The summed E-state index contributed by atoms with van der Waals surface area (Å²) >= 11 is 0. The van der Waals surface area contributed by atoms with Crippen molar-refractivity contribution < 1.29 is 38.4 Å². The molecule has 232 valence electrons. The van der Waals surface area contributed by atoms with Gasteiger partial charge < -0.3 is 39.4 Å². The number of aliphatic hydroxyl groups excluding tert-OH is 1. The van der Waals surface area contributed by atoms with Crippen molar-refractivity contribution >= 4 is 18.2 Å². The fourth-order valence-electron chi connectivity index (χ4n) is 4.44. The number of carbonyl (C=O) groups is 2. The van der Waals surface area contributed by atoms with Crippen LogP contribution in [0, 0.1) is 0 Å². The van der Waals surface area contributed by atoms with Gasteiger partial charge in [0.1, 0.15) is 13.2 Å². The molecular formula is C32H36N4O8. The number of esters is 1. The van der Waals surface area contributed by atoms with E-state index in [9.17, 15) is 14.7 Å². The molecule has 2 amide bonds. The van der Waals surface area contributed by atoms with Gasteiger partial charge in [-0.05, 0) is 60.9 Å². The number of carbonyl (C=O) groups excluding carboxylic acids is 2. The molecule has 2 atom stereocenters. The molecule has 0 bridgehead atoms. The normalized spacial score (nSPS) is 15.2. The summed E-state index contributed by atoms with van der Waals surface area (Å²) in [4.78, 5) is 24.6. The first kappa shape index (κ1) is 31.7. The molecule has 0 aromatic heterocycles. The SMILES string of the molecule is CCOc1cc([C@H]2NC(=O)NC(C)=C2C(=O)OC)ccc1OC[C@H](O)N/N=C\c1ccc(OCc2ccccc2)c(OC)c1. The Bertz CT molecular complexity index is 1510. The Kier molecular flexibility index (Phi) is 11.0. The summed E-state index contributed by atoms with van der Waals surface area (Å²) in [5, 5.41) is 19.9. The van der Waals surface area contributed by atoms with Gasteiger partial charge in [-0.1, -0.05) is 36.4 Å². The Morgan fingerprint density at radius 3 is 2.48 bits per heavy atom. The van der Waals surface area contributed by atoms with Crippen LogP contribution >= 0.6 is 0 Å². The third-order valence-electron chi connectivity index (χ3n) is 6.53. The predicted octanol–water partition coefficient (Wildman–Crippen LogP) is 3.79. The van der Waals surface area contributed by atoms with Crippen molar-refractivity contribution in [2.75, 3.05) is 27.4 Å². The van der Waals surface area contributed by atoms with Gasteiger partial charge in [0.25, 0.3) is 0 Å². The second-order valence-corrected chi connectivity index (χ2v) is 9.60. The van der Waals surface area contributed by atoms with Crippen molar-refractivity contribution in [2.45, 2.75) is 32.7 Å². The van der Waals surface area contributed by atoms with Crippen molar-refractivity contribution in [1.29, 1.82) is 0 Å². The van der Waals surface area contributed by atoms with E-state index in [1.54, 1.807) is 44.4 Å². The first-order valence-corrected chi connectivity index (χ1v) is 13.9. The summed E-state index contributed by atoms with van der Waals surface area (Å²) in [6.45, 7) is 4.04. The number of hydrogen-bond donors (Lipinski definition) is 4. The first-order chi connectivity index (χ1) is 21.3. The van der Waals surface area contributed by atoms with Crippen LogP contribution in [0.15, 0.2) is 83.1 Å². The summed E-state index contributed by atoms with van der Waals surface area (Å²) < 4.78 is 27.8. The maximum Gasteiger partial charge on any atom is 0.337 e. The van der Waals surface area contributed by atoms with E-state index in [-0.39, 0.29) is 12.2 Å². The highest BCUT2D eigenvalue weighted by molar-refractivity contribution is 5.95. The van der Waals surface area contributed by atoms with Gasteiger partial charge in [0.15, 0.2) is 29.2 Å². The lowest BCUT2D eigenvalue weighted by molar-refractivity contribution is -0.136. The maximum atomic E-state index is 12.4. The Morgan fingerprint density at radius 2 is 1.75 bits per heavy atom. The molecule has 12 heteroatoms. The van der Waals surface area contributed by atoms with E-state index in [0.717, 1.165) is 11.1 Å². The quantitative estimate of drug-likeness (QED) is 0.0933. The van der Waals surface area contributed by atoms with E-state index < -0.39 is 24.3 Å². The topological polar surface area (TPSA) is 149 Å². The minimum atomic E-state index is -1.14. The number of ether oxygens (including phenoxy) is 5. The zero-order valence-corrected chi connectivity index (χ0v) is 25.0. The average molecular weight is 605 g/mol. The molecule has 1 aliphatic rings. The smallest absolute Gasteiger partial charge is 0.337 e. The number of allylic oxidation sites excluding steroid dienone is 1. The van der Waals surface area contributed by atoms with E-state index in [1.807, 2.05) is 43.3 Å². The van der Waals surface area contributed by atoms with Gasteiger partial charge >= 0.3 is 12.0 Å². The molecule has 0 spiro atoms. The van der Waals surface area contributed by atoms with E-state index in [0.29, 0.717) is 47.5 Å². The first-order valence-electron chi connectivity index (χ1n) is 13.9. The van der Waals surface area contributed by atoms with Crippen molar-refractivity contribution in [2.24, 2.45) is 5.10 Å². The molecule has 3 aromatic rings. The zero-order chi connectivity index (χ0) is 31.5. The van der Waals surface area contributed by atoms with Crippen LogP contribution in [0.25, 0.3) is 0 Å². The van der Waals surface area contributed by atoms with Crippen LogP contribution < -0.4 is 35.0 Å². The number of nitrogens with one attached hydrogen (secondary N) is 3. The summed E-state index contributed by atoms with van der Waals surface area (Å²) in [6, 6.07) is 19.0. The molecule has 4 N–H and O–H groups in total. The monoisotopic (exact) mass is 604 g/mol. The second kappa shape index (κ2) is 15.3. The minimum absolute atomic E-state index is 0.150. The molecule has 44 heavy (non-hydrogen) atoms. The predicted molar refractivity (Wildman–Crippen MR) is 163 cm³/mol. The number of urea groups is 1. The number of hydrogen-bond acceptors (Lipinski definition) is 10. The van der Waals surface area contributed by atoms with Crippen LogP contribution in [0.5, 0.6) is 23.0 Å². The standard InChI is InChI=1S/C32H36N4O8/c1-5-42-27-16-23(30-29(31(38)41-4)20(2)34-32(39)35-30)12-14-25(27)44-19-28(37)36-33-17-22-11-13-24(26(15-22)40-3)43-18-21-9-7-6-8-10-21/h6-17,28,30,36-37H,5,18-19H2,1-4H3,(H2,34,35,39)/b33-17-/t28-,30+/m0/s1. The third-order valence-corrected chi connectivity index (χ3v) is 6.53. The number of rotatable bonds is 14. The highest BCUT2D eigenvalue weighted by Crippen LogP contribution is 2.35. The number of aliphatic hydroxyl groups is 1. The average Bonchev–Trinajstić information content (AvgIpc) is 3.03. The third kappa shape index (κ3) is 8.19. The molecule has 4 rings (SSSR count). The van der Waals surface area contributed by atoms with E-state index in [4.69, 9.17) is 23.7 Å². The molecule has 0 fully saturated rings. The Balaban J connectivity index is 1.36. The van der Waals surface area contributed by atoms with Crippen LogP contribution in [-0.4, -0.2) is 57.0 Å². The van der Waals surface area contributed by atoms with E-state index in [1.165, 1.54) is 13.3 Å². The largest absolute Gasteiger partial charge is 0.493 e. The number of nitrogens with zero attached hydrogens (tertiary/aromatic N) is 1. The lowest BCUT2D eigenvalue weighted by Crippen LogP contribution is -2.45. The summed E-state index contributed by atoms with van der Waals surface area (Å²) in [6.07, 6.45) is 0.394. The Morgan fingerprint density at radius 1 is 1.00 bits per heavy atom. The van der Waals surface area contributed by atoms with Gasteiger partial charge in [0.05, 0.1) is 38.7 Å². The summed E-state index contributed by atoms with van der Waals surface area (Å²) in [7, 11) is 2.84. The van der Waals surface area contributed by atoms with Crippen molar-refractivity contribution in [3.8, 4) is 23.0 Å². The number of methoxy groups -OCH3 is 2. The molecule has 12 nitrogen and oxygen atoms in total. The highest BCUT2D eigenvalue weighted by atomic mass is 16.5. The van der Waals surface area contributed by atoms with E-state index in [2.05, 4.69) is 21.2 Å². The van der Waals surface area contributed by atoms with Crippen LogP contribution in [0.3, 0.4) is 0 Å². The van der Waals surface area contributed by atoms with E-state index >= 15 is 0 Å². The molecule has 0 saturated heterocycles. The zero-order valence-electron chi connectivity index (χ0n) is 25.0. The molecule has 1 aliphatic heterocycles. The highest BCUT2D eigenvalue weighted by Gasteiger charge is 2.32. The molecule has 0 saturated carbocycles. The number of amides is 2. The summed E-state index contributed by atoms with van der Waals surface area (Å²) in [5.41, 5.74) is 5.64. The van der Waals surface area contributed by atoms with Crippen LogP contribution in [-0.2, 0) is 16.1 Å². The van der Waals surface area contributed by atoms with Crippen LogP contribution in [0.2, 0.25) is 0 Å². The molecule has 3 aromatic carbocycles. The number of benzene rings is 3. The molecule has 0 radical (unpaired) electrons. The molecule has 1 heterocycles. The lowest BCUT2D eigenvalue weighted by Gasteiger charge is -2.28. The van der Waals surface area contributed by atoms with Gasteiger partial charge in [-0.25, -0.2) is 9.59 Å². The Hall–Kier alpha value is -5.23. The van der Waals surface area contributed by atoms with Crippen molar-refractivity contribution in [1.82, 2.24) is 16.1 Å². The second-order valence-electron chi connectivity index (χ2n) is 9.60. The molecule has 0 aliphatic carbocycles.